The van der Waals surface area contributed by atoms with Gasteiger partial charge in [-0.05, 0) is 24.3 Å². The van der Waals surface area contributed by atoms with Gasteiger partial charge in [0.25, 0.3) is 5.91 Å². The average Bonchev–Trinajstić information content (AvgIpc) is 2.72. The number of fused-ring (bicyclic) bond motifs is 1. The second kappa shape index (κ2) is 7.66. The Morgan fingerprint density at radius 3 is 2.62 bits per heavy atom. The quantitative estimate of drug-likeness (QED) is 0.911. The monoisotopic (exact) mass is 354 g/mol. The SMILES string of the molecule is O=C(NC[C@@H]1COc2ccccc2O1)c1ccccc1N1CCOCC1. The van der Waals surface area contributed by atoms with Gasteiger partial charge in [0.2, 0.25) is 0 Å². The third kappa shape index (κ3) is 3.60. The maximum atomic E-state index is 12.7. The van der Waals surface area contributed by atoms with Crippen LogP contribution in [0.2, 0.25) is 0 Å². The summed E-state index contributed by atoms with van der Waals surface area (Å²) in [6, 6.07) is 15.2. The van der Waals surface area contributed by atoms with E-state index >= 15 is 0 Å². The lowest BCUT2D eigenvalue weighted by Crippen LogP contribution is -2.42. The van der Waals surface area contributed by atoms with E-state index in [0.717, 1.165) is 24.5 Å². The molecule has 6 heteroatoms. The predicted molar refractivity (Wildman–Crippen MR) is 98.2 cm³/mol. The Morgan fingerprint density at radius 1 is 1.04 bits per heavy atom. The minimum atomic E-state index is -0.204. The molecule has 4 rings (SSSR count). The molecule has 1 amide bonds. The second-order valence-electron chi connectivity index (χ2n) is 6.32. The van der Waals surface area contributed by atoms with Gasteiger partial charge < -0.3 is 24.4 Å². The van der Waals surface area contributed by atoms with Crippen LogP contribution < -0.4 is 19.7 Å². The molecule has 0 unspecified atom stereocenters. The van der Waals surface area contributed by atoms with Crippen LogP contribution >= 0.6 is 0 Å². The molecule has 0 radical (unpaired) electrons. The van der Waals surface area contributed by atoms with Crippen molar-refractivity contribution in [2.45, 2.75) is 6.10 Å². The normalized spacial score (nSPS) is 19.1. The highest BCUT2D eigenvalue weighted by Gasteiger charge is 2.23. The summed E-state index contributed by atoms with van der Waals surface area (Å²) in [6.07, 6.45) is -0.204. The smallest absolute Gasteiger partial charge is 0.253 e. The third-order valence-corrected chi connectivity index (χ3v) is 4.56. The number of rotatable bonds is 4. The zero-order valence-corrected chi connectivity index (χ0v) is 14.5. The Hall–Kier alpha value is -2.73. The highest BCUT2D eigenvalue weighted by molar-refractivity contribution is 5.99. The molecule has 1 saturated heterocycles. The molecule has 26 heavy (non-hydrogen) atoms. The van der Waals surface area contributed by atoms with Crippen LogP contribution in [0, 0.1) is 0 Å². The fourth-order valence-electron chi connectivity index (χ4n) is 3.21. The number of ether oxygens (including phenoxy) is 3. The summed E-state index contributed by atoms with van der Waals surface area (Å²) < 4.78 is 17.0. The molecule has 0 aromatic heterocycles. The molecule has 2 aliphatic heterocycles. The molecule has 2 heterocycles. The fraction of sp³-hybridized carbons (Fsp3) is 0.350. The summed E-state index contributed by atoms with van der Waals surface area (Å²) in [5, 5.41) is 2.98. The van der Waals surface area contributed by atoms with Crippen LogP contribution in [0.1, 0.15) is 10.4 Å². The van der Waals surface area contributed by atoms with Crippen LogP contribution in [0.5, 0.6) is 11.5 Å². The van der Waals surface area contributed by atoms with Crippen molar-refractivity contribution in [1.29, 1.82) is 0 Å². The molecular formula is C20H22N2O4. The van der Waals surface area contributed by atoms with Crippen molar-refractivity contribution in [2.24, 2.45) is 0 Å². The number of benzene rings is 2. The lowest BCUT2D eigenvalue weighted by molar-refractivity contribution is 0.0789. The van der Waals surface area contributed by atoms with Gasteiger partial charge in [-0.3, -0.25) is 4.79 Å². The Bertz CT molecular complexity index is 774. The molecule has 136 valence electrons. The van der Waals surface area contributed by atoms with Crippen LogP contribution in [0.15, 0.2) is 48.5 Å². The Morgan fingerprint density at radius 2 is 1.77 bits per heavy atom. The van der Waals surface area contributed by atoms with Crippen LogP contribution in [0.4, 0.5) is 5.69 Å². The third-order valence-electron chi connectivity index (χ3n) is 4.56. The summed E-state index contributed by atoms with van der Waals surface area (Å²) in [5.41, 5.74) is 1.62. The van der Waals surface area contributed by atoms with Crippen molar-refractivity contribution in [3.05, 3.63) is 54.1 Å². The van der Waals surface area contributed by atoms with Crippen LogP contribution in [0.25, 0.3) is 0 Å². The van der Waals surface area contributed by atoms with Gasteiger partial charge in [0, 0.05) is 18.8 Å². The van der Waals surface area contributed by atoms with E-state index < -0.39 is 0 Å². The van der Waals surface area contributed by atoms with E-state index in [1.807, 2.05) is 48.5 Å². The van der Waals surface area contributed by atoms with E-state index in [-0.39, 0.29) is 12.0 Å². The van der Waals surface area contributed by atoms with Crippen molar-refractivity contribution in [2.75, 3.05) is 44.4 Å². The first-order valence-electron chi connectivity index (χ1n) is 8.89. The average molecular weight is 354 g/mol. The molecule has 0 bridgehead atoms. The first-order chi connectivity index (χ1) is 12.8. The molecule has 6 nitrogen and oxygen atoms in total. The molecule has 2 aliphatic rings. The van der Waals surface area contributed by atoms with Gasteiger partial charge >= 0.3 is 0 Å². The number of amides is 1. The molecule has 0 saturated carbocycles. The van der Waals surface area contributed by atoms with Crippen molar-refractivity contribution in [1.82, 2.24) is 5.32 Å². The standard InChI is InChI=1S/C20H22N2O4/c23-20(16-5-1-2-6-17(16)22-9-11-24-12-10-22)21-13-15-14-25-18-7-3-4-8-19(18)26-15/h1-8,15H,9-14H2,(H,21,23)/t15-/m1/s1. The molecule has 2 aromatic rings. The number of hydrogen-bond acceptors (Lipinski definition) is 5. The van der Waals surface area contributed by atoms with Crippen LogP contribution in [-0.4, -0.2) is 51.5 Å². The summed E-state index contributed by atoms with van der Waals surface area (Å²) >= 11 is 0. The van der Waals surface area contributed by atoms with Gasteiger partial charge in [-0.25, -0.2) is 0 Å². The van der Waals surface area contributed by atoms with Gasteiger partial charge in [0.15, 0.2) is 11.5 Å². The zero-order valence-electron chi connectivity index (χ0n) is 14.5. The van der Waals surface area contributed by atoms with Crippen molar-refractivity contribution >= 4 is 11.6 Å². The van der Waals surface area contributed by atoms with Gasteiger partial charge in [-0.1, -0.05) is 24.3 Å². The lowest BCUT2D eigenvalue weighted by atomic mass is 10.1. The van der Waals surface area contributed by atoms with Gasteiger partial charge in [-0.2, -0.15) is 0 Å². The Labute approximate surface area is 152 Å². The van der Waals surface area contributed by atoms with Crippen LogP contribution in [0.3, 0.4) is 0 Å². The molecule has 1 fully saturated rings. The van der Waals surface area contributed by atoms with Gasteiger partial charge in [-0.15, -0.1) is 0 Å². The van der Waals surface area contributed by atoms with Crippen molar-refractivity contribution < 1.29 is 19.0 Å². The Balaban J connectivity index is 1.40. The first kappa shape index (κ1) is 16.7. The van der Waals surface area contributed by atoms with E-state index in [1.54, 1.807) is 0 Å². The largest absolute Gasteiger partial charge is 0.486 e. The number of morpholine rings is 1. The highest BCUT2D eigenvalue weighted by atomic mass is 16.6. The first-order valence-corrected chi connectivity index (χ1v) is 8.89. The minimum absolute atomic E-state index is 0.102. The fourth-order valence-corrected chi connectivity index (χ4v) is 3.21. The maximum absolute atomic E-state index is 12.7. The van der Waals surface area contributed by atoms with E-state index in [0.29, 0.717) is 37.7 Å². The zero-order chi connectivity index (χ0) is 17.8. The lowest BCUT2D eigenvalue weighted by Gasteiger charge is -2.30. The van der Waals surface area contributed by atoms with Gasteiger partial charge in [0.1, 0.15) is 12.7 Å². The number of carbonyl (C=O) groups is 1. The van der Waals surface area contributed by atoms with E-state index in [1.165, 1.54) is 0 Å². The minimum Gasteiger partial charge on any atom is -0.486 e. The topological polar surface area (TPSA) is 60.0 Å². The molecular weight excluding hydrogens is 332 g/mol. The predicted octanol–water partition coefficient (Wildman–Crippen LogP) is 2.09. The number of hydrogen-bond donors (Lipinski definition) is 1. The molecule has 1 N–H and O–H groups in total. The molecule has 0 aliphatic carbocycles. The van der Waals surface area contributed by atoms with E-state index in [9.17, 15) is 4.79 Å². The van der Waals surface area contributed by atoms with Crippen molar-refractivity contribution in [3.8, 4) is 11.5 Å². The number of nitrogens with one attached hydrogen (secondary N) is 1. The second-order valence-corrected chi connectivity index (χ2v) is 6.32. The molecule has 0 spiro atoms. The van der Waals surface area contributed by atoms with Crippen LogP contribution in [-0.2, 0) is 4.74 Å². The number of carbonyl (C=O) groups excluding carboxylic acids is 1. The van der Waals surface area contributed by atoms with Crippen molar-refractivity contribution in [3.63, 3.8) is 0 Å². The number of anilines is 1. The van der Waals surface area contributed by atoms with E-state index in [4.69, 9.17) is 14.2 Å². The number of para-hydroxylation sites is 3. The Kier molecular flexibility index (Phi) is 4.93. The molecule has 1 atom stereocenters. The summed E-state index contributed by atoms with van der Waals surface area (Å²) in [4.78, 5) is 14.9. The summed E-state index contributed by atoms with van der Waals surface area (Å²) in [7, 11) is 0. The molecule has 2 aromatic carbocycles. The summed E-state index contributed by atoms with van der Waals surface area (Å²) in [6.45, 7) is 3.76. The van der Waals surface area contributed by atoms with E-state index in [2.05, 4.69) is 10.2 Å². The summed E-state index contributed by atoms with van der Waals surface area (Å²) in [5.74, 6) is 1.36. The maximum Gasteiger partial charge on any atom is 0.253 e. The number of nitrogens with zero attached hydrogens (tertiary/aromatic N) is 1. The van der Waals surface area contributed by atoms with Gasteiger partial charge in [0.05, 0.1) is 25.3 Å². The highest BCUT2D eigenvalue weighted by Crippen LogP contribution is 2.30.